The fourth-order valence-corrected chi connectivity index (χ4v) is 3.79. The Morgan fingerprint density at radius 3 is 2.42 bits per heavy atom. The molecule has 0 aliphatic heterocycles. The summed E-state index contributed by atoms with van der Waals surface area (Å²) in [5, 5.41) is 2.94. The second kappa shape index (κ2) is 8.19. The number of methoxy groups -OCH3 is 1. The van der Waals surface area contributed by atoms with Crippen LogP contribution in [0.4, 0.5) is 5.69 Å². The number of anilines is 1. The van der Waals surface area contributed by atoms with E-state index in [1.807, 2.05) is 60.7 Å². The van der Waals surface area contributed by atoms with E-state index in [0.29, 0.717) is 28.2 Å². The van der Waals surface area contributed by atoms with Crippen molar-refractivity contribution < 1.29 is 13.9 Å². The summed E-state index contributed by atoms with van der Waals surface area (Å²) in [6.45, 7) is 6.44. The van der Waals surface area contributed by atoms with Gasteiger partial charge < -0.3 is 14.5 Å². The lowest BCUT2D eigenvalue weighted by atomic mass is 9.87. The molecule has 5 nitrogen and oxygen atoms in total. The van der Waals surface area contributed by atoms with Crippen LogP contribution < -0.4 is 10.1 Å². The van der Waals surface area contributed by atoms with Crippen molar-refractivity contribution in [3.05, 3.63) is 76.3 Å². The Labute approximate surface area is 189 Å². The first-order valence-corrected chi connectivity index (χ1v) is 10.7. The minimum atomic E-state index is -0.164. The topological polar surface area (TPSA) is 64.4 Å². The van der Waals surface area contributed by atoms with E-state index in [1.54, 1.807) is 7.11 Å². The molecule has 0 atom stereocenters. The van der Waals surface area contributed by atoms with E-state index in [1.165, 1.54) is 5.56 Å². The fourth-order valence-electron chi connectivity index (χ4n) is 3.25. The number of hydrogen-bond acceptors (Lipinski definition) is 4. The van der Waals surface area contributed by atoms with E-state index >= 15 is 0 Å². The summed E-state index contributed by atoms with van der Waals surface area (Å²) in [6.07, 6.45) is 0. The molecule has 0 aliphatic carbocycles. The minimum absolute atomic E-state index is 0.0458. The predicted molar refractivity (Wildman–Crippen MR) is 127 cm³/mol. The van der Waals surface area contributed by atoms with E-state index < -0.39 is 0 Å². The molecule has 1 amide bonds. The Morgan fingerprint density at radius 1 is 1.03 bits per heavy atom. The molecule has 0 bridgehead atoms. The van der Waals surface area contributed by atoms with Crippen LogP contribution in [0.1, 0.15) is 36.7 Å². The molecule has 158 valence electrons. The normalized spacial score (nSPS) is 11.5. The quantitative estimate of drug-likeness (QED) is 0.349. The molecule has 1 heterocycles. The van der Waals surface area contributed by atoms with Gasteiger partial charge in [0.05, 0.1) is 11.6 Å². The van der Waals surface area contributed by atoms with Gasteiger partial charge >= 0.3 is 0 Å². The fraction of sp³-hybridized carbons (Fsp3) is 0.200. The number of hydrogen-bond donors (Lipinski definition) is 1. The predicted octanol–water partition coefficient (Wildman–Crippen LogP) is 6.82. The molecule has 0 radical (unpaired) electrons. The molecule has 0 spiro atoms. The van der Waals surface area contributed by atoms with Crippen LogP contribution in [0.5, 0.6) is 5.75 Å². The minimum Gasteiger partial charge on any atom is -0.496 e. The van der Waals surface area contributed by atoms with Gasteiger partial charge in [0, 0.05) is 16.8 Å². The molecule has 0 saturated carbocycles. The first-order chi connectivity index (χ1) is 14.7. The maximum absolute atomic E-state index is 12.7. The number of aromatic nitrogens is 1. The molecule has 1 aromatic heterocycles. The van der Waals surface area contributed by atoms with Crippen LogP contribution in [-0.4, -0.2) is 18.0 Å². The molecular weight excluding hydrogens is 456 g/mol. The number of nitrogens with one attached hydrogen (secondary N) is 1. The monoisotopic (exact) mass is 478 g/mol. The van der Waals surface area contributed by atoms with E-state index in [9.17, 15) is 4.79 Å². The van der Waals surface area contributed by atoms with Gasteiger partial charge in [0.2, 0.25) is 5.89 Å². The van der Waals surface area contributed by atoms with Crippen LogP contribution in [0, 0.1) is 0 Å². The number of ether oxygens (including phenoxy) is 1. The smallest absolute Gasteiger partial charge is 0.255 e. The first-order valence-electron chi connectivity index (χ1n) is 9.91. The number of carbonyl (C=O) groups excluding carboxylic acids is 1. The second-order valence-electron chi connectivity index (χ2n) is 8.33. The van der Waals surface area contributed by atoms with Crippen LogP contribution in [0.15, 0.2) is 69.6 Å². The summed E-state index contributed by atoms with van der Waals surface area (Å²) in [7, 11) is 1.62. The van der Waals surface area contributed by atoms with Crippen LogP contribution in [0.25, 0.3) is 22.6 Å². The highest BCUT2D eigenvalue weighted by Gasteiger charge is 2.15. The van der Waals surface area contributed by atoms with Crippen molar-refractivity contribution in [1.29, 1.82) is 0 Å². The number of amides is 1. The van der Waals surface area contributed by atoms with Gasteiger partial charge in [-0.15, -0.1) is 0 Å². The molecule has 3 aromatic carbocycles. The zero-order valence-electron chi connectivity index (χ0n) is 17.8. The molecule has 0 fully saturated rings. The lowest BCUT2D eigenvalue weighted by Gasteiger charge is -2.19. The lowest BCUT2D eigenvalue weighted by molar-refractivity contribution is 0.102. The third-order valence-electron chi connectivity index (χ3n) is 5.06. The summed E-state index contributed by atoms with van der Waals surface area (Å²) in [6, 6.07) is 18.8. The number of oxazole rings is 1. The van der Waals surface area contributed by atoms with E-state index in [-0.39, 0.29) is 11.3 Å². The van der Waals surface area contributed by atoms with Crippen LogP contribution in [0.3, 0.4) is 0 Å². The molecular formula is C25H23BrN2O3. The Morgan fingerprint density at radius 2 is 1.77 bits per heavy atom. The zero-order chi connectivity index (χ0) is 22.2. The van der Waals surface area contributed by atoms with Gasteiger partial charge in [0.1, 0.15) is 11.3 Å². The van der Waals surface area contributed by atoms with E-state index in [2.05, 4.69) is 47.0 Å². The molecule has 0 aliphatic rings. The van der Waals surface area contributed by atoms with E-state index in [4.69, 9.17) is 9.15 Å². The van der Waals surface area contributed by atoms with Crippen molar-refractivity contribution >= 4 is 38.6 Å². The summed E-state index contributed by atoms with van der Waals surface area (Å²) in [4.78, 5) is 17.2. The number of carbonyl (C=O) groups is 1. The third-order valence-corrected chi connectivity index (χ3v) is 5.68. The second-order valence-corrected chi connectivity index (χ2v) is 9.19. The number of rotatable bonds is 4. The van der Waals surface area contributed by atoms with E-state index in [0.717, 1.165) is 15.8 Å². The van der Waals surface area contributed by atoms with Gasteiger partial charge in [-0.1, -0.05) is 32.9 Å². The number of benzene rings is 3. The summed E-state index contributed by atoms with van der Waals surface area (Å²) in [5.41, 5.74) is 4.64. The molecule has 4 aromatic rings. The lowest BCUT2D eigenvalue weighted by Crippen LogP contribution is -2.14. The Balaban J connectivity index is 1.55. The highest BCUT2D eigenvalue weighted by atomic mass is 79.9. The average Bonchev–Trinajstić information content (AvgIpc) is 3.16. The van der Waals surface area contributed by atoms with Crippen LogP contribution >= 0.6 is 15.9 Å². The van der Waals surface area contributed by atoms with Crippen molar-refractivity contribution in [3.63, 3.8) is 0 Å². The SMILES string of the molecule is COc1ccc(-c2nc3cc(NC(=O)c4ccc(C(C)(C)C)cc4)ccc3o2)cc1Br. The molecule has 0 saturated heterocycles. The zero-order valence-corrected chi connectivity index (χ0v) is 19.4. The van der Waals surface area contributed by atoms with Crippen molar-refractivity contribution in [2.45, 2.75) is 26.2 Å². The Hall–Kier alpha value is -3.12. The van der Waals surface area contributed by atoms with Crippen molar-refractivity contribution in [2.75, 3.05) is 12.4 Å². The Kier molecular flexibility index (Phi) is 5.58. The molecule has 4 rings (SSSR count). The average molecular weight is 479 g/mol. The molecule has 1 N–H and O–H groups in total. The van der Waals surface area contributed by atoms with Crippen molar-refractivity contribution in [1.82, 2.24) is 4.98 Å². The van der Waals surface area contributed by atoms with Crippen LogP contribution in [0.2, 0.25) is 0 Å². The molecule has 0 unspecified atom stereocenters. The van der Waals surface area contributed by atoms with Crippen molar-refractivity contribution in [2.24, 2.45) is 0 Å². The highest BCUT2D eigenvalue weighted by Crippen LogP contribution is 2.32. The van der Waals surface area contributed by atoms with Gasteiger partial charge in [0.15, 0.2) is 5.58 Å². The molecule has 6 heteroatoms. The third kappa shape index (κ3) is 4.49. The number of fused-ring (bicyclic) bond motifs is 1. The standard InChI is InChI=1S/C25H23BrN2O3/c1-25(2,3)17-8-5-15(6-9-17)23(29)27-18-10-12-22-20(14-18)28-24(31-22)16-7-11-21(30-4)19(26)13-16/h5-14H,1-4H3,(H,27,29). The first kappa shape index (κ1) is 21.1. The van der Waals surface area contributed by atoms with Gasteiger partial charge in [-0.2, -0.15) is 0 Å². The molecule has 31 heavy (non-hydrogen) atoms. The maximum Gasteiger partial charge on any atom is 0.255 e. The number of halogens is 1. The van der Waals surface area contributed by atoms with Gasteiger partial charge in [0.25, 0.3) is 5.91 Å². The van der Waals surface area contributed by atoms with Gasteiger partial charge in [-0.05, 0) is 75.4 Å². The highest BCUT2D eigenvalue weighted by molar-refractivity contribution is 9.10. The summed E-state index contributed by atoms with van der Waals surface area (Å²) < 4.78 is 12.0. The summed E-state index contributed by atoms with van der Waals surface area (Å²) in [5.74, 6) is 1.07. The Bertz CT molecular complexity index is 1250. The van der Waals surface area contributed by atoms with Crippen LogP contribution in [-0.2, 0) is 5.41 Å². The summed E-state index contributed by atoms with van der Waals surface area (Å²) >= 11 is 3.48. The number of nitrogens with zero attached hydrogens (tertiary/aromatic N) is 1. The largest absolute Gasteiger partial charge is 0.496 e. The van der Waals surface area contributed by atoms with Gasteiger partial charge in [-0.25, -0.2) is 4.98 Å². The van der Waals surface area contributed by atoms with Gasteiger partial charge in [-0.3, -0.25) is 4.79 Å². The maximum atomic E-state index is 12.7. The van der Waals surface area contributed by atoms with Crippen molar-refractivity contribution in [3.8, 4) is 17.2 Å².